The second kappa shape index (κ2) is 9.14. The van der Waals surface area contributed by atoms with Gasteiger partial charge in [-0.1, -0.05) is 13.0 Å². The van der Waals surface area contributed by atoms with Crippen LogP contribution in [0.1, 0.15) is 20.3 Å². The highest BCUT2D eigenvalue weighted by Crippen LogP contribution is 2.17. The third-order valence-electron chi connectivity index (χ3n) is 4.35. The van der Waals surface area contributed by atoms with Gasteiger partial charge in [-0.2, -0.15) is 0 Å². The molecule has 0 saturated carbocycles. The van der Waals surface area contributed by atoms with Crippen LogP contribution in [0.5, 0.6) is 0 Å². The number of nitro groups is 1. The third kappa shape index (κ3) is 5.69. The van der Waals surface area contributed by atoms with Crippen LogP contribution >= 0.6 is 0 Å². The number of hydrogen-bond donors (Lipinski definition) is 2. The van der Waals surface area contributed by atoms with Gasteiger partial charge in [-0.05, 0) is 19.4 Å². The smallest absolute Gasteiger partial charge is 0.321 e. The molecule has 0 radical (unpaired) electrons. The van der Waals surface area contributed by atoms with E-state index in [-0.39, 0.29) is 23.7 Å². The fourth-order valence-corrected chi connectivity index (χ4v) is 2.63. The Morgan fingerprint density at radius 1 is 1.27 bits per heavy atom. The molecule has 1 aromatic carbocycles. The number of hydrogen-bond acceptors (Lipinski definition) is 5. The number of urea groups is 1. The average molecular weight is 363 g/mol. The van der Waals surface area contributed by atoms with E-state index in [9.17, 15) is 19.7 Å². The Kier molecular flexibility index (Phi) is 6.90. The quantitative estimate of drug-likeness (QED) is 0.590. The van der Waals surface area contributed by atoms with Gasteiger partial charge < -0.3 is 15.5 Å². The molecule has 3 amide bonds. The largest absolute Gasteiger partial charge is 0.353 e. The molecular formula is C17H25N5O4. The monoisotopic (exact) mass is 363 g/mol. The maximum Gasteiger partial charge on any atom is 0.321 e. The molecule has 0 aromatic heterocycles. The van der Waals surface area contributed by atoms with Gasteiger partial charge in [0.15, 0.2) is 0 Å². The van der Waals surface area contributed by atoms with Crippen LogP contribution in [0.15, 0.2) is 24.3 Å². The lowest BCUT2D eigenvalue weighted by molar-refractivity contribution is -0.384. The molecule has 1 saturated heterocycles. The molecule has 2 N–H and O–H groups in total. The van der Waals surface area contributed by atoms with Crippen molar-refractivity contribution in [2.24, 2.45) is 0 Å². The van der Waals surface area contributed by atoms with Crippen molar-refractivity contribution >= 4 is 23.3 Å². The minimum absolute atomic E-state index is 0.00570. The van der Waals surface area contributed by atoms with E-state index in [0.29, 0.717) is 38.4 Å². The lowest BCUT2D eigenvalue weighted by Crippen LogP contribution is -2.52. The molecule has 2 rings (SSSR count). The van der Waals surface area contributed by atoms with Gasteiger partial charge in [0.05, 0.1) is 11.5 Å². The SMILES string of the molecule is CCC(C)NC(=O)CN1CCN(C(=O)Nc2cccc([N+](=O)[O-])c2)CC1. The van der Waals surface area contributed by atoms with Crippen LogP contribution in [-0.2, 0) is 4.79 Å². The Hall–Kier alpha value is -2.68. The van der Waals surface area contributed by atoms with Crippen molar-refractivity contribution in [2.45, 2.75) is 26.3 Å². The molecular weight excluding hydrogens is 338 g/mol. The van der Waals surface area contributed by atoms with Crippen LogP contribution in [-0.4, -0.2) is 65.4 Å². The highest BCUT2D eigenvalue weighted by Gasteiger charge is 2.23. The number of nitrogens with zero attached hydrogens (tertiary/aromatic N) is 3. The van der Waals surface area contributed by atoms with Crippen molar-refractivity contribution in [1.82, 2.24) is 15.1 Å². The molecule has 1 atom stereocenters. The molecule has 1 aliphatic heterocycles. The summed E-state index contributed by atoms with van der Waals surface area (Å²) >= 11 is 0. The summed E-state index contributed by atoms with van der Waals surface area (Å²) < 4.78 is 0. The number of nitro benzene ring substituents is 1. The van der Waals surface area contributed by atoms with Gasteiger partial charge in [0.25, 0.3) is 5.69 Å². The number of benzene rings is 1. The highest BCUT2D eigenvalue weighted by atomic mass is 16.6. The van der Waals surface area contributed by atoms with E-state index in [0.717, 1.165) is 6.42 Å². The van der Waals surface area contributed by atoms with Gasteiger partial charge in [-0.15, -0.1) is 0 Å². The van der Waals surface area contributed by atoms with Gasteiger partial charge >= 0.3 is 6.03 Å². The number of rotatable bonds is 6. The van der Waals surface area contributed by atoms with Crippen LogP contribution < -0.4 is 10.6 Å². The summed E-state index contributed by atoms with van der Waals surface area (Å²) in [4.78, 5) is 38.2. The first-order valence-corrected chi connectivity index (χ1v) is 8.71. The van der Waals surface area contributed by atoms with Crippen LogP contribution in [0.2, 0.25) is 0 Å². The molecule has 1 heterocycles. The number of carbonyl (C=O) groups is 2. The number of amides is 3. The van der Waals surface area contributed by atoms with Crippen LogP contribution in [0.4, 0.5) is 16.2 Å². The summed E-state index contributed by atoms with van der Waals surface area (Å²) in [7, 11) is 0. The summed E-state index contributed by atoms with van der Waals surface area (Å²) in [5, 5.41) is 16.4. The molecule has 9 heteroatoms. The van der Waals surface area contributed by atoms with Crippen molar-refractivity contribution in [3.8, 4) is 0 Å². The van der Waals surface area contributed by atoms with E-state index in [1.54, 1.807) is 11.0 Å². The molecule has 26 heavy (non-hydrogen) atoms. The predicted molar refractivity (Wildman–Crippen MR) is 98.0 cm³/mol. The van der Waals surface area contributed by atoms with Crippen molar-refractivity contribution < 1.29 is 14.5 Å². The second-order valence-corrected chi connectivity index (χ2v) is 6.38. The highest BCUT2D eigenvalue weighted by molar-refractivity contribution is 5.89. The predicted octanol–water partition coefficient (Wildman–Crippen LogP) is 1.66. The summed E-state index contributed by atoms with van der Waals surface area (Å²) in [6, 6.07) is 5.70. The molecule has 1 aliphatic rings. The number of carbonyl (C=O) groups excluding carboxylic acids is 2. The Bertz CT molecular complexity index is 658. The van der Waals surface area contributed by atoms with Crippen molar-refractivity contribution in [3.05, 3.63) is 34.4 Å². The fourth-order valence-electron chi connectivity index (χ4n) is 2.63. The van der Waals surface area contributed by atoms with Crippen LogP contribution in [0.25, 0.3) is 0 Å². The van der Waals surface area contributed by atoms with Gasteiger partial charge in [-0.25, -0.2) is 4.79 Å². The zero-order chi connectivity index (χ0) is 19.1. The second-order valence-electron chi connectivity index (χ2n) is 6.38. The summed E-state index contributed by atoms with van der Waals surface area (Å²) in [6.45, 7) is 6.52. The average Bonchev–Trinajstić information content (AvgIpc) is 2.62. The van der Waals surface area contributed by atoms with Crippen molar-refractivity contribution in [2.75, 3.05) is 38.0 Å². The van der Waals surface area contributed by atoms with Gasteiger partial charge in [-0.3, -0.25) is 19.8 Å². The van der Waals surface area contributed by atoms with Crippen LogP contribution in [0, 0.1) is 10.1 Å². The van der Waals surface area contributed by atoms with E-state index in [4.69, 9.17) is 0 Å². The normalized spacial score (nSPS) is 16.0. The standard InChI is InChI=1S/C17H25N5O4/c1-3-13(2)18-16(23)12-20-7-9-21(10-8-20)17(24)19-14-5-4-6-15(11-14)22(25)26/h4-6,11,13H,3,7-10,12H2,1-2H3,(H,18,23)(H,19,24). The van der Waals surface area contributed by atoms with Crippen molar-refractivity contribution in [3.63, 3.8) is 0 Å². The van der Waals surface area contributed by atoms with E-state index in [1.165, 1.54) is 18.2 Å². The first kappa shape index (κ1) is 19.6. The number of piperazine rings is 1. The summed E-state index contributed by atoms with van der Waals surface area (Å²) in [6.07, 6.45) is 0.886. The molecule has 9 nitrogen and oxygen atoms in total. The molecule has 0 spiro atoms. The van der Waals surface area contributed by atoms with Crippen molar-refractivity contribution in [1.29, 1.82) is 0 Å². The molecule has 1 unspecified atom stereocenters. The minimum Gasteiger partial charge on any atom is -0.353 e. The Balaban J connectivity index is 1.80. The van der Waals surface area contributed by atoms with E-state index in [2.05, 4.69) is 10.6 Å². The van der Waals surface area contributed by atoms with Gasteiger partial charge in [0.1, 0.15) is 0 Å². The van der Waals surface area contributed by atoms with E-state index in [1.807, 2.05) is 18.7 Å². The molecule has 0 bridgehead atoms. The number of non-ortho nitro benzene ring substituents is 1. The molecule has 1 fully saturated rings. The lowest BCUT2D eigenvalue weighted by Gasteiger charge is -2.34. The number of anilines is 1. The van der Waals surface area contributed by atoms with Gasteiger partial charge in [0, 0.05) is 50.0 Å². The van der Waals surface area contributed by atoms with E-state index < -0.39 is 4.92 Å². The Morgan fingerprint density at radius 2 is 1.96 bits per heavy atom. The third-order valence-corrected chi connectivity index (χ3v) is 4.35. The first-order valence-electron chi connectivity index (χ1n) is 8.71. The Morgan fingerprint density at radius 3 is 2.58 bits per heavy atom. The fraction of sp³-hybridized carbons (Fsp3) is 0.529. The topological polar surface area (TPSA) is 108 Å². The first-order chi connectivity index (χ1) is 12.4. The lowest BCUT2D eigenvalue weighted by atomic mass is 10.2. The zero-order valence-electron chi connectivity index (χ0n) is 15.1. The molecule has 1 aromatic rings. The van der Waals surface area contributed by atoms with E-state index >= 15 is 0 Å². The minimum atomic E-state index is -0.501. The molecule has 142 valence electrons. The Labute approximate surface area is 152 Å². The zero-order valence-corrected chi connectivity index (χ0v) is 15.1. The van der Waals surface area contributed by atoms with Crippen LogP contribution in [0.3, 0.4) is 0 Å². The molecule has 0 aliphatic carbocycles. The summed E-state index contributed by atoms with van der Waals surface area (Å²) in [5.74, 6) is -0.00570. The maximum atomic E-state index is 12.3. The van der Waals surface area contributed by atoms with Gasteiger partial charge in [0.2, 0.25) is 5.91 Å². The number of nitrogens with one attached hydrogen (secondary N) is 2. The maximum absolute atomic E-state index is 12.3. The summed E-state index contributed by atoms with van der Waals surface area (Å²) in [5.41, 5.74) is 0.319.